The normalized spacial score (nSPS) is 20.3. The maximum absolute atomic E-state index is 12.2. The molecule has 7 heteroatoms. The van der Waals surface area contributed by atoms with Gasteiger partial charge in [0.25, 0.3) is 5.56 Å². The highest BCUT2D eigenvalue weighted by molar-refractivity contribution is 5.89. The minimum atomic E-state index is -0.216. The number of H-pyrrole nitrogens is 1. The van der Waals surface area contributed by atoms with Crippen molar-refractivity contribution in [2.45, 2.75) is 19.4 Å². The molecule has 0 spiro atoms. The Morgan fingerprint density at radius 2 is 2.09 bits per heavy atom. The maximum Gasteiger partial charge on any atom is 0.259 e. The van der Waals surface area contributed by atoms with Gasteiger partial charge in [-0.3, -0.25) is 4.79 Å². The second-order valence-corrected chi connectivity index (χ2v) is 5.38. The number of rotatable bonds is 2. The summed E-state index contributed by atoms with van der Waals surface area (Å²) in [5.41, 5.74) is 0.290. The Bertz CT molecular complexity index is 780. The molecule has 0 saturated carbocycles. The lowest BCUT2D eigenvalue weighted by Gasteiger charge is -2.23. The molecule has 116 valence electrons. The van der Waals surface area contributed by atoms with E-state index in [1.807, 2.05) is 0 Å². The first-order valence-electron chi connectivity index (χ1n) is 7.30. The second-order valence-electron chi connectivity index (χ2n) is 5.38. The van der Waals surface area contributed by atoms with E-state index in [4.69, 9.17) is 18.9 Å². The lowest BCUT2D eigenvalue weighted by atomic mass is 10.1. The fourth-order valence-corrected chi connectivity index (χ4v) is 2.75. The summed E-state index contributed by atoms with van der Waals surface area (Å²) in [6.07, 6.45) is 0.778. The van der Waals surface area contributed by atoms with Crippen LogP contribution < -0.4 is 19.8 Å². The molecule has 1 fully saturated rings. The van der Waals surface area contributed by atoms with Gasteiger partial charge in [-0.15, -0.1) is 0 Å². The minimum Gasteiger partial charge on any atom is -0.484 e. The highest BCUT2D eigenvalue weighted by Crippen LogP contribution is 2.44. The van der Waals surface area contributed by atoms with Gasteiger partial charge in [-0.25, -0.2) is 4.98 Å². The molecule has 0 bridgehead atoms. The van der Waals surface area contributed by atoms with Crippen molar-refractivity contribution < 1.29 is 18.9 Å². The molecule has 0 amide bonds. The van der Waals surface area contributed by atoms with Crippen LogP contribution in [0.1, 0.15) is 12.2 Å². The molecule has 0 unspecified atom stereocenters. The van der Waals surface area contributed by atoms with Gasteiger partial charge < -0.3 is 23.9 Å². The van der Waals surface area contributed by atoms with E-state index < -0.39 is 0 Å². The number of ether oxygens (including phenoxy) is 4. The van der Waals surface area contributed by atoms with Crippen LogP contribution in [0.4, 0.5) is 0 Å². The van der Waals surface area contributed by atoms with Gasteiger partial charge in [0.05, 0.1) is 18.6 Å². The van der Waals surface area contributed by atoms with Gasteiger partial charge in [-0.1, -0.05) is 0 Å². The fourth-order valence-electron chi connectivity index (χ4n) is 2.75. The van der Waals surface area contributed by atoms with Crippen LogP contribution in [0.15, 0.2) is 10.9 Å². The molecule has 3 heterocycles. The van der Waals surface area contributed by atoms with Crippen molar-refractivity contribution in [3.8, 4) is 17.2 Å². The predicted molar refractivity (Wildman–Crippen MR) is 77.9 cm³/mol. The van der Waals surface area contributed by atoms with Crippen molar-refractivity contribution in [2.75, 3.05) is 26.4 Å². The zero-order chi connectivity index (χ0) is 15.1. The third-order valence-electron chi connectivity index (χ3n) is 3.75. The molecule has 2 aliphatic heterocycles. The summed E-state index contributed by atoms with van der Waals surface area (Å²) in [5.74, 6) is 2.04. The number of aromatic amines is 1. The first-order chi connectivity index (χ1) is 10.7. The van der Waals surface area contributed by atoms with Crippen LogP contribution in [-0.2, 0) is 4.74 Å². The number of hydrogen-bond donors (Lipinski definition) is 1. The van der Waals surface area contributed by atoms with Crippen LogP contribution in [0.5, 0.6) is 17.2 Å². The van der Waals surface area contributed by atoms with E-state index in [0.717, 1.165) is 6.42 Å². The van der Waals surface area contributed by atoms with Crippen molar-refractivity contribution in [3.05, 3.63) is 22.2 Å². The van der Waals surface area contributed by atoms with Crippen LogP contribution in [-0.4, -0.2) is 42.5 Å². The largest absolute Gasteiger partial charge is 0.484 e. The van der Waals surface area contributed by atoms with Crippen molar-refractivity contribution >= 4 is 10.9 Å². The number of nitrogens with one attached hydrogen (secondary N) is 1. The molecule has 7 nitrogen and oxygen atoms in total. The van der Waals surface area contributed by atoms with Crippen LogP contribution >= 0.6 is 0 Å². The molecule has 1 aromatic carbocycles. The van der Waals surface area contributed by atoms with Crippen molar-refractivity contribution in [1.29, 1.82) is 0 Å². The fraction of sp³-hybridized carbons (Fsp3) is 0.467. The number of hydrogen-bond acceptors (Lipinski definition) is 6. The average Bonchev–Trinajstić information content (AvgIpc) is 3.01. The van der Waals surface area contributed by atoms with Crippen molar-refractivity contribution in [2.24, 2.45) is 0 Å². The molecule has 22 heavy (non-hydrogen) atoms. The molecule has 4 rings (SSSR count). The van der Waals surface area contributed by atoms with Crippen molar-refractivity contribution in [1.82, 2.24) is 9.97 Å². The third kappa shape index (κ3) is 2.18. The summed E-state index contributed by atoms with van der Waals surface area (Å²) in [6, 6.07) is 1.67. The van der Waals surface area contributed by atoms with Crippen LogP contribution in [0, 0.1) is 6.92 Å². The molecule has 2 aliphatic rings. The third-order valence-corrected chi connectivity index (χ3v) is 3.75. The Kier molecular flexibility index (Phi) is 3.15. The highest BCUT2D eigenvalue weighted by atomic mass is 16.6. The molecular weight excluding hydrogens is 288 g/mol. The van der Waals surface area contributed by atoms with Gasteiger partial charge in [0.2, 0.25) is 5.75 Å². The van der Waals surface area contributed by atoms with Gasteiger partial charge in [0.15, 0.2) is 11.5 Å². The van der Waals surface area contributed by atoms with Crippen LogP contribution in [0.3, 0.4) is 0 Å². The molecule has 0 aliphatic carbocycles. The zero-order valence-electron chi connectivity index (χ0n) is 12.2. The van der Waals surface area contributed by atoms with Gasteiger partial charge in [-0.2, -0.15) is 0 Å². The Labute approximate surface area is 126 Å². The number of fused-ring (bicyclic) bond motifs is 3. The summed E-state index contributed by atoms with van der Waals surface area (Å²) >= 11 is 0. The predicted octanol–water partition coefficient (Wildman–Crippen LogP) is 1.17. The SMILES string of the molecule is Cc1nc2c3c(c(O[C@H]4CCOC4)cc2c(=O)[nH]1)OCCO3. The zero-order valence-corrected chi connectivity index (χ0v) is 12.2. The van der Waals surface area contributed by atoms with Crippen molar-refractivity contribution in [3.63, 3.8) is 0 Å². The first kappa shape index (κ1) is 13.4. The molecule has 1 N–H and O–H groups in total. The van der Waals surface area contributed by atoms with E-state index in [0.29, 0.717) is 60.4 Å². The van der Waals surface area contributed by atoms with Crippen LogP contribution in [0.2, 0.25) is 0 Å². The summed E-state index contributed by atoms with van der Waals surface area (Å²) in [4.78, 5) is 19.3. The summed E-state index contributed by atoms with van der Waals surface area (Å²) in [5, 5.41) is 0.434. The molecule has 1 aromatic heterocycles. The van der Waals surface area contributed by atoms with Gasteiger partial charge in [0, 0.05) is 6.42 Å². The molecule has 1 saturated heterocycles. The van der Waals surface area contributed by atoms with E-state index in [1.165, 1.54) is 0 Å². The number of aromatic nitrogens is 2. The number of aryl methyl sites for hydroxylation is 1. The maximum atomic E-state index is 12.2. The number of nitrogens with zero attached hydrogens (tertiary/aromatic N) is 1. The number of benzene rings is 1. The minimum absolute atomic E-state index is 0.0374. The van der Waals surface area contributed by atoms with Gasteiger partial charge >= 0.3 is 0 Å². The Morgan fingerprint density at radius 3 is 2.86 bits per heavy atom. The van der Waals surface area contributed by atoms with Gasteiger partial charge in [0.1, 0.15) is 30.7 Å². The smallest absolute Gasteiger partial charge is 0.259 e. The molecule has 2 aromatic rings. The average molecular weight is 304 g/mol. The Morgan fingerprint density at radius 1 is 1.27 bits per heavy atom. The monoisotopic (exact) mass is 304 g/mol. The quantitative estimate of drug-likeness (QED) is 0.897. The Hall–Kier alpha value is -2.28. The van der Waals surface area contributed by atoms with E-state index >= 15 is 0 Å². The van der Waals surface area contributed by atoms with E-state index in [-0.39, 0.29) is 11.7 Å². The van der Waals surface area contributed by atoms with E-state index in [9.17, 15) is 4.79 Å². The standard InChI is InChI=1S/C15H16N2O5/c1-8-16-12-10(15(18)17-8)6-11(22-9-2-3-19-7-9)13-14(12)21-5-4-20-13/h6,9H,2-5,7H2,1H3,(H,16,17,18)/t9-/m0/s1. The van der Waals surface area contributed by atoms with Crippen LogP contribution in [0.25, 0.3) is 10.9 Å². The topological polar surface area (TPSA) is 82.7 Å². The first-order valence-corrected chi connectivity index (χ1v) is 7.30. The molecule has 0 radical (unpaired) electrons. The summed E-state index contributed by atoms with van der Waals surface area (Å²) in [7, 11) is 0. The highest BCUT2D eigenvalue weighted by Gasteiger charge is 2.26. The van der Waals surface area contributed by atoms with Gasteiger partial charge in [-0.05, 0) is 13.0 Å². The van der Waals surface area contributed by atoms with E-state index in [2.05, 4.69) is 9.97 Å². The lowest BCUT2D eigenvalue weighted by molar-refractivity contribution is 0.128. The molecule has 1 atom stereocenters. The Balaban J connectivity index is 1.90. The summed E-state index contributed by atoms with van der Waals surface area (Å²) < 4.78 is 22.7. The lowest BCUT2D eigenvalue weighted by Crippen LogP contribution is -2.21. The second kappa shape index (κ2) is 5.17. The molecular formula is C15H16N2O5. The summed E-state index contributed by atoms with van der Waals surface area (Å²) in [6.45, 7) is 3.82. The van der Waals surface area contributed by atoms with E-state index in [1.54, 1.807) is 13.0 Å².